The van der Waals surface area contributed by atoms with Gasteiger partial charge in [-0.3, -0.25) is 19.8 Å². The Balaban J connectivity index is 1.50. The highest BCUT2D eigenvalue weighted by Crippen LogP contribution is 2.40. The molecule has 4 rings (SSSR count). The molecule has 0 radical (unpaired) electrons. The minimum absolute atomic E-state index is 0.00438. The highest BCUT2D eigenvalue weighted by Gasteiger charge is 2.39. The van der Waals surface area contributed by atoms with Crippen molar-refractivity contribution in [1.29, 1.82) is 0 Å². The van der Waals surface area contributed by atoms with Crippen LogP contribution in [-0.2, 0) is 16.1 Å². The highest BCUT2D eigenvalue weighted by atomic mass is 32.2. The maximum atomic E-state index is 12.9. The van der Waals surface area contributed by atoms with E-state index in [2.05, 4.69) is 0 Å². The molecule has 2 heterocycles. The summed E-state index contributed by atoms with van der Waals surface area (Å²) in [6, 6.07) is 13.4. The topological polar surface area (TPSA) is 103 Å². The highest BCUT2D eigenvalue weighted by molar-refractivity contribution is 8.14. The van der Waals surface area contributed by atoms with Gasteiger partial charge in [0.2, 0.25) is 0 Å². The number of hydrogen-bond acceptors (Lipinski definition) is 8. The van der Waals surface area contributed by atoms with Crippen molar-refractivity contribution in [3.05, 3.63) is 69.2 Å². The van der Waals surface area contributed by atoms with Crippen LogP contribution in [0.5, 0.6) is 0 Å². The molecule has 1 amide bonds. The number of aromatic nitrogens is 1. The Bertz CT molecular complexity index is 1100. The van der Waals surface area contributed by atoms with Crippen LogP contribution < -0.4 is 0 Å². The standard InChI is InChI=1S/C21H19N3O5S2/c1-13(25)30-16-10-18(20-22-17-4-2-3-5-19(17)31-20)23(11-16)21(26)29-12-14-6-8-15(9-7-14)24(27)28/h2-9,16,18H,10-12H2,1H3/t16-,18+/m0/s1. The summed E-state index contributed by atoms with van der Waals surface area (Å²) in [5.41, 5.74) is 1.52. The lowest BCUT2D eigenvalue weighted by molar-refractivity contribution is -0.384. The average molecular weight is 458 g/mol. The number of nitro groups is 1. The van der Waals surface area contributed by atoms with Crippen molar-refractivity contribution >= 4 is 50.2 Å². The molecule has 3 aromatic rings. The molecule has 1 fully saturated rings. The number of para-hydroxylation sites is 1. The monoisotopic (exact) mass is 457 g/mol. The lowest BCUT2D eigenvalue weighted by atomic mass is 10.2. The molecule has 31 heavy (non-hydrogen) atoms. The number of nitrogens with zero attached hydrogens (tertiary/aromatic N) is 3. The van der Waals surface area contributed by atoms with E-state index in [1.807, 2.05) is 24.3 Å². The van der Waals surface area contributed by atoms with Gasteiger partial charge in [0, 0.05) is 30.9 Å². The molecule has 1 aliphatic rings. The number of ether oxygens (including phenoxy) is 1. The minimum Gasteiger partial charge on any atom is -0.445 e. The lowest BCUT2D eigenvalue weighted by Crippen LogP contribution is -2.32. The Morgan fingerprint density at radius 1 is 1.26 bits per heavy atom. The number of likely N-dealkylation sites (tertiary alicyclic amines) is 1. The number of fused-ring (bicyclic) bond motifs is 1. The summed E-state index contributed by atoms with van der Waals surface area (Å²) in [6.07, 6.45) is 0.130. The molecule has 160 valence electrons. The normalized spacial score (nSPS) is 18.3. The van der Waals surface area contributed by atoms with Crippen LogP contribution in [-0.4, -0.2) is 37.8 Å². The van der Waals surface area contributed by atoms with E-state index in [4.69, 9.17) is 9.72 Å². The largest absolute Gasteiger partial charge is 0.445 e. The Labute approximate surface area is 186 Å². The van der Waals surface area contributed by atoms with Crippen LogP contribution in [0.25, 0.3) is 10.2 Å². The van der Waals surface area contributed by atoms with Crippen molar-refractivity contribution in [3.8, 4) is 0 Å². The number of thioether (sulfide) groups is 1. The molecule has 0 N–H and O–H groups in total. The van der Waals surface area contributed by atoms with E-state index in [0.29, 0.717) is 18.5 Å². The first-order valence-electron chi connectivity index (χ1n) is 9.60. The summed E-state index contributed by atoms with van der Waals surface area (Å²) in [7, 11) is 0. The van der Waals surface area contributed by atoms with E-state index in [1.165, 1.54) is 42.2 Å². The van der Waals surface area contributed by atoms with Crippen molar-refractivity contribution < 1.29 is 19.2 Å². The van der Waals surface area contributed by atoms with E-state index in [9.17, 15) is 19.7 Å². The van der Waals surface area contributed by atoms with Crippen LogP contribution in [0, 0.1) is 10.1 Å². The first-order valence-corrected chi connectivity index (χ1v) is 11.3. The second-order valence-corrected chi connectivity index (χ2v) is 9.67. The van der Waals surface area contributed by atoms with Gasteiger partial charge in [-0.15, -0.1) is 11.3 Å². The van der Waals surface area contributed by atoms with Gasteiger partial charge >= 0.3 is 6.09 Å². The van der Waals surface area contributed by atoms with Gasteiger partial charge in [0.05, 0.1) is 21.2 Å². The van der Waals surface area contributed by atoms with Gasteiger partial charge < -0.3 is 4.74 Å². The number of nitro benzene ring substituents is 1. The Kier molecular flexibility index (Phi) is 6.19. The first kappa shape index (κ1) is 21.3. The molecule has 10 heteroatoms. The first-order chi connectivity index (χ1) is 14.9. The molecule has 1 aliphatic heterocycles. The molecule has 0 spiro atoms. The summed E-state index contributed by atoms with van der Waals surface area (Å²) in [4.78, 5) is 41.1. The summed E-state index contributed by atoms with van der Waals surface area (Å²) in [6.45, 7) is 1.92. The zero-order chi connectivity index (χ0) is 22.0. The van der Waals surface area contributed by atoms with Crippen LogP contribution in [0.1, 0.15) is 30.0 Å². The second kappa shape index (κ2) is 9.03. The fourth-order valence-electron chi connectivity index (χ4n) is 3.53. The smallest absolute Gasteiger partial charge is 0.410 e. The van der Waals surface area contributed by atoms with E-state index < -0.39 is 11.0 Å². The summed E-state index contributed by atoms with van der Waals surface area (Å²) in [5, 5.41) is 11.6. The molecule has 0 bridgehead atoms. The van der Waals surface area contributed by atoms with Gasteiger partial charge in [-0.1, -0.05) is 23.9 Å². The number of benzene rings is 2. The predicted molar refractivity (Wildman–Crippen MR) is 119 cm³/mol. The van der Waals surface area contributed by atoms with Crippen molar-refractivity contribution in [2.24, 2.45) is 0 Å². The molecule has 2 atom stereocenters. The van der Waals surface area contributed by atoms with Crippen LogP contribution in [0.4, 0.5) is 10.5 Å². The lowest BCUT2D eigenvalue weighted by Gasteiger charge is -2.22. The van der Waals surface area contributed by atoms with Gasteiger partial charge in [-0.25, -0.2) is 9.78 Å². The fraction of sp³-hybridized carbons (Fsp3) is 0.286. The number of non-ortho nitro benzene ring substituents is 1. The van der Waals surface area contributed by atoms with E-state index in [1.54, 1.807) is 17.0 Å². The van der Waals surface area contributed by atoms with Gasteiger partial charge in [0.1, 0.15) is 11.6 Å². The third-order valence-electron chi connectivity index (χ3n) is 4.93. The van der Waals surface area contributed by atoms with Crippen LogP contribution in [0.3, 0.4) is 0 Å². The molecule has 8 nitrogen and oxygen atoms in total. The van der Waals surface area contributed by atoms with Gasteiger partial charge in [-0.05, 0) is 36.2 Å². The summed E-state index contributed by atoms with van der Waals surface area (Å²) >= 11 is 2.77. The quantitative estimate of drug-likeness (QED) is 0.395. The van der Waals surface area contributed by atoms with Crippen molar-refractivity contribution in [2.75, 3.05) is 6.54 Å². The molecule has 0 aliphatic carbocycles. The Hall–Kier alpha value is -2.98. The van der Waals surface area contributed by atoms with Crippen LogP contribution in [0.2, 0.25) is 0 Å². The zero-order valence-corrected chi connectivity index (χ0v) is 18.2. The molecule has 1 saturated heterocycles. The number of carbonyl (C=O) groups is 2. The average Bonchev–Trinajstić information content (AvgIpc) is 3.35. The van der Waals surface area contributed by atoms with Crippen LogP contribution >= 0.6 is 23.1 Å². The molecular weight excluding hydrogens is 438 g/mol. The predicted octanol–water partition coefficient (Wildman–Crippen LogP) is 4.94. The van der Waals surface area contributed by atoms with Crippen molar-refractivity contribution in [2.45, 2.75) is 31.2 Å². The van der Waals surface area contributed by atoms with E-state index in [-0.39, 0.29) is 28.7 Å². The maximum absolute atomic E-state index is 12.9. The van der Waals surface area contributed by atoms with Gasteiger partial charge in [0.25, 0.3) is 5.69 Å². The van der Waals surface area contributed by atoms with Crippen molar-refractivity contribution in [1.82, 2.24) is 9.88 Å². The van der Waals surface area contributed by atoms with E-state index in [0.717, 1.165) is 15.2 Å². The number of carbonyl (C=O) groups excluding carboxylic acids is 2. The number of thiazole rings is 1. The fourth-order valence-corrected chi connectivity index (χ4v) is 5.60. The number of rotatable bonds is 5. The SMILES string of the molecule is CC(=O)S[C@H]1C[C@H](c2nc3ccccc3s2)N(C(=O)OCc2ccc([N+](=O)[O-])cc2)C1. The number of hydrogen-bond donors (Lipinski definition) is 0. The second-order valence-electron chi connectivity index (χ2n) is 7.13. The van der Waals surface area contributed by atoms with E-state index >= 15 is 0 Å². The Morgan fingerprint density at radius 2 is 2.00 bits per heavy atom. The van der Waals surface area contributed by atoms with Crippen molar-refractivity contribution in [3.63, 3.8) is 0 Å². The maximum Gasteiger partial charge on any atom is 0.410 e. The molecular formula is C21H19N3O5S2. The van der Waals surface area contributed by atoms with Gasteiger partial charge in [-0.2, -0.15) is 0 Å². The minimum atomic E-state index is -0.491. The Morgan fingerprint density at radius 3 is 2.68 bits per heavy atom. The third-order valence-corrected chi connectivity index (χ3v) is 7.08. The number of amides is 1. The zero-order valence-electron chi connectivity index (χ0n) is 16.6. The summed E-state index contributed by atoms with van der Waals surface area (Å²) < 4.78 is 6.53. The molecule has 1 aromatic heterocycles. The molecule has 2 aromatic carbocycles. The van der Waals surface area contributed by atoms with Crippen LogP contribution in [0.15, 0.2) is 48.5 Å². The molecule has 0 unspecified atom stereocenters. The van der Waals surface area contributed by atoms with Gasteiger partial charge in [0.15, 0.2) is 5.12 Å². The third kappa shape index (κ3) is 4.86. The molecule has 0 saturated carbocycles. The summed E-state index contributed by atoms with van der Waals surface area (Å²) in [5.74, 6) is 0.